The SMILES string of the molecule is Nc1nc(Oc2cccc3ccccc23)c2[nH]cnc2n1. The second-order valence-corrected chi connectivity index (χ2v) is 4.57. The molecule has 0 atom stereocenters. The fraction of sp³-hybridized carbons (Fsp3) is 0. The monoisotopic (exact) mass is 277 g/mol. The minimum atomic E-state index is 0.129. The van der Waals surface area contributed by atoms with E-state index in [0.717, 1.165) is 10.8 Å². The molecule has 0 fully saturated rings. The molecule has 0 saturated heterocycles. The van der Waals surface area contributed by atoms with Gasteiger partial charge < -0.3 is 15.5 Å². The number of nitrogens with zero attached hydrogens (tertiary/aromatic N) is 3. The maximum Gasteiger partial charge on any atom is 0.250 e. The summed E-state index contributed by atoms with van der Waals surface area (Å²) in [6.45, 7) is 0. The number of nitrogens with two attached hydrogens (primary N) is 1. The predicted octanol–water partition coefficient (Wildman–Crippen LogP) is 2.88. The normalized spacial score (nSPS) is 11.0. The van der Waals surface area contributed by atoms with Crippen LogP contribution in [0.1, 0.15) is 0 Å². The van der Waals surface area contributed by atoms with Gasteiger partial charge in [0, 0.05) is 5.39 Å². The zero-order valence-electron chi connectivity index (χ0n) is 10.9. The molecule has 0 bridgehead atoms. The van der Waals surface area contributed by atoms with Gasteiger partial charge in [-0.15, -0.1) is 0 Å². The lowest BCUT2D eigenvalue weighted by Crippen LogP contribution is -1.98. The van der Waals surface area contributed by atoms with Crippen LogP contribution in [-0.2, 0) is 0 Å². The highest BCUT2D eigenvalue weighted by atomic mass is 16.5. The average Bonchev–Trinajstić information content (AvgIpc) is 2.96. The summed E-state index contributed by atoms with van der Waals surface area (Å²) in [4.78, 5) is 15.2. The molecule has 0 aliphatic heterocycles. The van der Waals surface area contributed by atoms with Gasteiger partial charge in [0.2, 0.25) is 5.95 Å². The van der Waals surface area contributed by atoms with Crippen LogP contribution >= 0.6 is 0 Å². The van der Waals surface area contributed by atoms with Crippen molar-refractivity contribution in [2.75, 3.05) is 5.73 Å². The Hall–Kier alpha value is -3.15. The van der Waals surface area contributed by atoms with E-state index in [0.29, 0.717) is 22.8 Å². The number of nitrogen functional groups attached to an aromatic ring is 1. The minimum Gasteiger partial charge on any atom is -0.436 e. The molecule has 2 aromatic heterocycles. The molecule has 0 spiro atoms. The first kappa shape index (κ1) is 11.7. The molecule has 0 radical (unpaired) electrons. The van der Waals surface area contributed by atoms with E-state index in [1.54, 1.807) is 0 Å². The first-order valence-corrected chi connectivity index (χ1v) is 6.43. The van der Waals surface area contributed by atoms with Gasteiger partial charge in [-0.1, -0.05) is 36.4 Å². The van der Waals surface area contributed by atoms with Crippen LogP contribution < -0.4 is 10.5 Å². The Bertz CT molecular complexity index is 942. The molecule has 0 saturated carbocycles. The van der Waals surface area contributed by atoms with Gasteiger partial charge >= 0.3 is 0 Å². The third-order valence-electron chi connectivity index (χ3n) is 3.23. The Morgan fingerprint density at radius 2 is 1.86 bits per heavy atom. The molecule has 2 heterocycles. The van der Waals surface area contributed by atoms with Crippen molar-refractivity contribution < 1.29 is 4.74 Å². The number of H-pyrrole nitrogens is 1. The third-order valence-corrected chi connectivity index (χ3v) is 3.23. The van der Waals surface area contributed by atoms with Crippen LogP contribution in [0.5, 0.6) is 11.6 Å². The highest BCUT2D eigenvalue weighted by Gasteiger charge is 2.12. The highest BCUT2D eigenvalue weighted by molar-refractivity contribution is 5.89. The van der Waals surface area contributed by atoms with Crippen LogP contribution in [0.4, 0.5) is 5.95 Å². The standard InChI is InChI=1S/C15H11N5O/c16-15-19-13-12(17-8-18-13)14(20-15)21-11-7-3-5-9-4-1-2-6-10(9)11/h1-8H,(H3,16,17,18,19,20). The topological polar surface area (TPSA) is 89.7 Å². The van der Waals surface area contributed by atoms with Crippen molar-refractivity contribution >= 4 is 27.9 Å². The predicted molar refractivity (Wildman–Crippen MR) is 80.1 cm³/mol. The molecule has 0 unspecified atom stereocenters. The summed E-state index contributed by atoms with van der Waals surface area (Å²) in [7, 11) is 0. The highest BCUT2D eigenvalue weighted by Crippen LogP contribution is 2.31. The molecule has 2 aromatic carbocycles. The zero-order chi connectivity index (χ0) is 14.2. The van der Waals surface area contributed by atoms with E-state index in [9.17, 15) is 0 Å². The fourth-order valence-electron chi connectivity index (χ4n) is 2.29. The van der Waals surface area contributed by atoms with Gasteiger partial charge in [-0.05, 0) is 11.5 Å². The third kappa shape index (κ3) is 1.93. The van der Waals surface area contributed by atoms with Crippen molar-refractivity contribution in [1.29, 1.82) is 0 Å². The lowest BCUT2D eigenvalue weighted by molar-refractivity contribution is 0.473. The maximum atomic E-state index is 5.94. The quantitative estimate of drug-likeness (QED) is 0.588. The van der Waals surface area contributed by atoms with E-state index in [4.69, 9.17) is 10.5 Å². The molecule has 0 aliphatic carbocycles. The van der Waals surface area contributed by atoms with E-state index in [1.807, 2.05) is 42.5 Å². The Morgan fingerprint density at radius 1 is 1.00 bits per heavy atom. The number of benzene rings is 2. The van der Waals surface area contributed by atoms with Gasteiger partial charge in [0.25, 0.3) is 5.88 Å². The van der Waals surface area contributed by atoms with E-state index in [-0.39, 0.29) is 5.95 Å². The van der Waals surface area contributed by atoms with E-state index >= 15 is 0 Å². The lowest BCUT2D eigenvalue weighted by Gasteiger charge is -2.08. The Morgan fingerprint density at radius 3 is 2.81 bits per heavy atom. The summed E-state index contributed by atoms with van der Waals surface area (Å²) in [5, 5.41) is 2.10. The molecule has 3 N–H and O–H groups in total. The van der Waals surface area contributed by atoms with Crippen LogP contribution in [0.2, 0.25) is 0 Å². The largest absolute Gasteiger partial charge is 0.436 e. The Labute approximate surface area is 119 Å². The van der Waals surface area contributed by atoms with Crippen LogP contribution in [0.3, 0.4) is 0 Å². The van der Waals surface area contributed by atoms with Crippen molar-refractivity contribution in [3.05, 3.63) is 48.8 Å². The van der Waals surface area contributed by atoms with Crippen LogP contribution in [-0.4, -0.2) is 19.9 Å². The summed E-state index contributed by atoms with van der Waals surface area (Å²) < 4.78 is 5.94. The number of rotatable bonds is 2. The molecule has 102 valence electrons. The van der Waals surface area contributed by atoms with Crippen LogP contribution in [0.15, 0.2) is 48.8 Å². The number of fused-ring (bicyclic) bond motifs is 2. The zero-order valence-corrected chi connectivity index (χ0v) is 10.9. The summed E-state index contributed by atoms with van der Waals surface area (Å²) in [6.07, 6.45) is 1.54. The van der Waals surface area contributed by atoms with Crippen molar-refractivity contribution in [2.45, 2.75) is 0 Å². The summed E-state index contributed by atoms with van der Waals surface area (Å²) in [6, 6.07) is 13.8. The molecule has 6 nitrogen and oxygen atoms in total. The molecule has 0 amide bonds. The summed E-state index contributed by atoms with van der Waals surface area (Å²) >= 11 is 0. The maximum absolute atomic E-state index is 5.94. The van der Waals surface area contributed by atoms with E-state index < -0.39 is 0 Å². The summed E-state index contributed by atoms with van der Waals surface area (Å²) in [5.41, 5.74) is 6.80. The summed E-state index contributed by atoms with van der Waals surface area (Å²) in [5.74, 6) is 1.21. The average molecular weight is 277 g/mol. The first-order valence-electron chi connectivity index (χ1n) is 6.43. The number of hydrogen-bond donors (Lipinski definition) is 2. The van der Waals surface area contributed by atoms with Gasteiger partial charge in [0.05, 0.1) is 6.33 Å². The van der Waals surface area contributed by atoms with Crippen LogP contribution in [0, 0.1) is 0 Å². The number of nitrogens with one attached hydrogen (secondary N) is 1. The molecule has 0 aliphatic rings. The number of hydrogen-bond acceptors (Lipinski definition) is 5. The molecule has 21 heavy (non-hydrogen) atoms. The molecule has 6 heteroatoms. The van der Waals surface area contributed by atoms with Gasteiger partial charge in [0.1, 0.15) is 11.3 Å². The minimum absolute atomic E-state index is 0.129. The number of imidazole rings is 1. The van der Waals surface area contributed by atoms with Gasteiger partial charge in [-0.25, -0.2) is 4.98 Å². The molecular weight excluding hydrogens is 266 g/mol. The Balaban J connectivity index is 1.89. The number of aromatic amines is 1. The van der Waals surface area contributed by atoms with Crippen molar-refractivity contribution in [2.24, 2.45) is 0 Å². The van der Waals surface area contributed by atoms with E-state index in [1.165, 1.54) is 6.33 Å². The van der Waals surface area contributed by atoms with Crippen LogP contribution in [0.25, 0.3) is 21.9 Å². The van der Waals surface area contributed by atoms with Crippen molar-refractivity contribution in [3.8, 4) is 11.6 Å². The lowest BCUT2D eigenvalue weighted by atomic mass is 10.1. The number of anilines is 1. The molecule has 4 aromatic rings. The van der Waals surface area contributed by atoms with Crippen molar-refractivity contribution in [3.63, 3.8) is 0 Å². The molecular formula is C15H11N5O. The molecule has 4 rings (SSSR count). The smallest absolute Gasteiger partial charge is 0.250 e. The second-order valence-electron chi connectivity index (χ2n) is 4.57. The second kappa shape index (κ2) is 4.45. The van der Waals surface area contributed by atoms with E-state index in [2.05, 4.69) is 19.9 Å². The van der Waals surface area contributed by atoms with Gasteiger partial charge in [-0.2, -0.15) is 9.97 Å². The first-order chi connectivity index (χ1) is 10.3. The van der Waals surface area contributed by atoms with Gasteiger partial charge in [-0.3, -0.25) is 0 Å². The fourth-order valence-corrected chi connectivity index (χ4v) is 2.29. The Kier molecular flexibility index (Phi) is 2.47. The number of ether oxygens (including phenoxy) is 1. The van der Waals surface area contributed by atoms with Crippen molar-refractivity contribution in [1.82, 2.24) is 19.9 Å². The van der Waals surface area contributed by atoms with Gasteiger partial charge in [0.15, 0.2) is 5.65 Å². The number of aromatic nitrogens is 4.